The van der Waals surface area contributed by atoms with Gasteiger partial charge in [-0.25, -0.2) is 8.42 Å². The Balaban J connectivity index is 2.20. The third kappa shape index (κ3) is 2.75. The molecule has 0 aliphatic heterocycles. The van der Waals surface area contributed by atoms with Gasteiger partial charge in [-0.05, 0) is 35.0 Å². The van der Waals surface area contributed by atoms with Gasteiger partial charge in [0.05, 0.1) is 19.1 Å². The van der Waals surface area contributed by atoms with Crippen LogP contribution in [0, 0.1) is 0 Å². The Labute approximate surface area is 135 Å². The summed E-state index contributed by atoms with van der Waals surface area (Å²) in [6.07, 6.45) is 0. The van der Waals surface area contributed by atoms with Crippen molar-refractivity contribution in [3.8, 4) is 11.5 Å². The normalized spacial score (nSPS) is 11.4. The summed E-state index contributed by atoms with van der Waals surface area (Å²) in [5, 5.41) is 1.86. The largest absolute Gasteiger partial charge is 0.497 e. The van der Waals surface area contributed by atoms with Crippen LogP contribution in [0.1, 0.15) is 0 Å². The van der Waals surface area contributed by atoms with Crippen LogP contribution in [0.4, 0.5) is 0 Å². The summed E-state index contributed by atoms with van der Waals surface area (Å²) >= 11 is 0. The molecule has 23 heavy (non-hydrogen) atoms. The maximum atomic E-state index is 13.0. The summed E-state index contributed by atoms with van der Waals surface area (Å²) in [6, 6.07) is 17.4. The van der Waals surface area contributed by atoms with Gasteiger partial charge in [-0.3, -0.25) is 0 Å². The van der Waals surface area contributed by atoms with Gasteiger partial charge in [0, 0.05) is 6.07 Å². The van der Waals surface area contributed by atoms with Crippen molar-refractivity contribution in [2.24, 2.45) is 0 Å². The Hall–Kier alpha value is -2.53. The number of fused-ring (bicyclic) bond motifs is 1. The second kappa shape index (κ2) is 5.93. The van der Waals surface area contributed by atoms with E-state index in [1.807, 2.05) is 24.3 Å². The summed E-state index contributed by atoms with van der Waals surface area (Å²) < 4.78 is 36.3. The lowest BCUT2D eigenvalue weighted by atomic mass is 10.1. The zero-order valence-electron chi connectivity index (χ0n) is 12.8. The van der Waals surface area contributed by atoms with E-state index in [2.05, 4.69) is 0 Å². The van der Waals surface area contributed by atoms with E-state index < -0.39 is 9.84 Å². The minimum Gasteiger partial charge on any atom is -0.497 e. The van der Waals surface area contributed by atoms with E-state index in [4.69, 9.17) is 9.47 Å². The van der Waals surface area contributed by atoms with Crippen LogP contribution < -0.4 is 9.47 Å². The van der Waals surface area contributed by atoms with Crippen LogP contribution >= 0.6 is 0 Å². The second-order valence-electron chi connectivity index (χ2n) is 5.03. The highest BCUT2D eigenvalue weighted by atomic mass is 32.2. The molecular weight excluding hydrogens is 312 g/mol. The summed E-state index contributed by atoms with van der Waals surface area (Å²) in [4.78, 5) is 0.317. The van der Waals surface area contributed by atoms with Crippen molar-refractivity contribution >= 4 is 20.6 Å². The topological polar surface area (TPSA) is 52.6 Å². The van der Waals surface area contributed by atoms with Crippen LogP contribution in [0.3, 0.4) is 0 Å². The van der Waals surface area contributed by atoms with E-state index in [-0.39, 0.29) is 9.79 Å². The molecule has 4 nitrogen and oxygen atoms in total. The van der Waals surface area contributed by atoms with Crippen LogP contribution in [-0.2, 0) is 9.84 Å². The van der Waals surface area contributed by atoms with E-state index in [1.54, 1.807) is 30.3 Å². The van der Waals surface area contributed by atoms with Gasteiger partial charge < -0.3 is 9.47 Å². The number of ether oxygens (including phenoxy) is 2. The lowest BCUT2D eigenvalue weighted by molar-refractivity contribution is 0.392. The Kier molecular flexibility index (Phi) is 3.96. The number of hydrogen-bond donors (Lipinski definition) is 0. The van der Waals surface area contributed by atoms with Gasteiger partial charge in [0.25, 0.3) is 0 Å². The Bertz CT molecular complexity index is 962. The van der Waals surface area contributed by atoms with Crippen molar-refractivity contribution in [1.82, 2.24) is 0 Å². The average molecular weight is 328 g/mol. The molecule has 0 fully saturated rings. The standard InChI is InChI=1S/C18H16O4S/c1-21-15-8-10-17(22-2)18(12-15)23(19,20)16-9-7-13-5-3-4-6-14(13)11-16/h3-12H,1-2H3. The van der Waals surface area contributed by atoms with Crippen molar-refractivity contribution in [3.63, 3.8) is 0 Å². The molecule has 0 radical (unpaired) electrons. The predicted octanol–water partition coefficient (Wildman–Crippen LogP) is 3.69. The predicted molar refractivity (Wildman–Crippen MR) is 88.9 cm³/mol. The van der Waals surface area contributed by atoms with Gasteiger partial charge in [0.15, 0.2) is 0 Å². The van der Waals surface area contributed by atoms with Crippen LogP contribution in [0.15, 0.2) is 70.5 Å². The molecular formula is C18H16O4S. The molecule has 0 unspecified atom stereocenters. The Morgan fingerprint density at radius 2 is 1.52 bits per heavy atom. The SMILES string of the molecule is COc1ccc(OC)c(S(=O)(=O)c2ccc3ccccc3c2)c1. The van der Waals surface area contributed by atoms with Gasteiger partial charge in [-0.15, -0.1) is 0 Å². The lowest BCUT2D eigenvalue weighted by Gasteiger charge is -2.12. The van der Waals surface area contributed by atoms with E-state index in [0.29, 0.717) is 11.5 Å². The average Bonchev–Trinajstić information content (AvgIpc) is 2.60. The van der Waals surface area contributed by atoms with Crippen molar-refractivity contribution in [3.05, 3.63) is 60.7 Å². The fraction of sp³-hybridized carbons (Fsp3) is 0.111. The number of sulfone groups is 1. The monoisotopic (exact) mass is 328 g/mol. The van der Waals surface area contributed by atoms with E-state index in [0.717, 1.165) is 10.8 Å². The second-order valence-corrected chi connectivity index (χ2v) is 6.95. The quantitative estimate of drug-likeness (QED) is 0.733. The molecule has 0 N–H and O–H groups in total. The molecule has 3 aromatic carbocycles. The Morgan fingerprint density at radius 3 is 2.22 bits per heavy atom. The highest BCUT2D eigenvalue weighted by molar-refractivity contribution is 7.91. The lowest BCUT2D eigenvalue weighted by Crippen LogP contribution is -2.05. The van der Waals surface area contributed by atoms with Crippen molar-refractivity contribution < 1.29 is 17.9 Å². The number of rotatable bonds is 4. The minimum atomic E-state index is -3.71. The highest BCUT2D eigenvalue weighted by Gasteiger charge is 2.23. The third-order valence-corrected chi connectivity index (χ3v) is 5.46. The smallest absolute Gasteiger partial charge is 0.210 e. The highest BCUT2D eigenvalue weighted by Crippen LogP contribution is 2.33. The maximum Gasteiger partial charge on any atom is 0.210 e. The van der Waals surface area contributed by atoms with Crippen LogP contribution in [0.25, 0.3) is 10.8 Å². The summed E-state index contributed by atoms with van der Waals surface area (Å²) in [5.41, 5.74) is 0. The molecule has 5 heteroatoms. The first kappa shape index (κ1) is 15.4. The molecule has 0 aliphatic rings. The fourth-order valence-electron chi connectivity index (χ4n) is 2.46. The van der Waals surface area contributed by atoms with E-state index in [1.165, 1.54) is 20.3 Å². The molecule has 0 amide bonds. The van der Waals surface area contributed by atoms with Crippen molar-refractivity contribution in [2.45, 2.75) is 9.79 Å². The summed E-state index contributed by atoms with van der Waals surface area (Å²) in [7, 11) is -0.771. The molecule has 0 bridgehead atoms. The van der Waals surface area contributed by atoms with Crippen LogP contribution in [0.5, 0.6) is 11.5 Å². The van der Waals surface area contributed by atoms with Gasteiger partial charge >= 0.3 is 0 Å². The third-order valence-electron chi connectivity index (χ3n) is 3.69. The van der Waals surface area contributed by atoms with Crippen molar-refractivity contribution in [1.29, 1.82) is 0 Å². The first-order valence-corrected chi connectivity index (χ1v) is 8.50. The summed E-state index contributed by atoms with van der Waals surface area (Å²) in [6.45, 7) is 0. The summed E-state index contributed by atoms with van der Waals surface area (Å²) in [5.74, 6) is 0.754. The molecule has 0 saturated carbocycles. The molecule has 118 valence electrons. The Morgan fingerprint density at radius 1 is 0.783 bits per heavy atom. The molecule has 0 spiro atoms. The first-order chi connectivity index (χ1) is 11.1. The zero-order valence-corrected chi connectivity index (χ0v) is 13.6. The molecule has 0 saturated heterocycles. The molecule has 0 aromatic heterocycles. The molecule has 0 aliphatic carbocycles. The molecule has 3 aromatic rings. The maximum absolute atomic E-state index is 13.0. The van der Waals surface area contributed by atoms with Crippen molar-refractivity contribution in [2.75, 3.05) is 14.2 Å². The van der Waals surface area contributed by atoms with E-state index >= 15 is 0 Å². The van der Waals surface area contributed by atoms with Gasteiger partial charge in [-0.1, -0.05) is 30.3 Å². The number of methoxy groups -OCH3 is 2. The molecule has 0 atom stereocenters. The van der Waals surface area contributed by atoms with Gasteiger partial charge in [0.2, 0.25) is 9.84 Å². The number of benzene rings is 3. The molecule has 3 rings (SSSR count). The zero-order chi connectivity index (χ0) is 16.4. The van der Waals surface area contributed by atoms with Crippen LogP contribution in [0.2, 0.25) is 0 Å². The minimum absolute atomic E-state index is 0.0923. The van der Waals surface area contributed by atoms with Gasteiger partial charge in [-0.2, -0.15) is 0 Å². The number of hydrogen-bond acceptors (Lipinski definition) is 4. The molecule has 0 heterocycles. The first-order valence-electron chi connectivity index (χ1n) is 7.02. The van der Waals surface area contributed by atoms with Gasteiger partial charge in [0.1, 0.15) is 16.4 Å². The van der Waals surface area contributed by atoms with E-state index in [9.17, 15) is 8.42 Å². The fourth-order valence-corrected chi connectivity index (χ4v) is 3.93. The van der Waals surface area contributed by atoms with Crippen LogP contribution in [-0.4, -0.2) is 22.6 Å².